The summed E-state index contributed by atoms with van der Waals surface area (Å²) in [6.45, 7) is 4.07. The third kappa shape index (κ3) is 3.66. The highest BCUT2D eigenvalue weighted by Gasteiger charge is 2.10. The van der Waals surface area contributed by atoms with Crippen molar-refractivity contribution in [3.8, 4) is 0 Å². The van der Waals surface area contributed by atoms with Crippen LogP contribution in [0.4, 0.5) is 5.82 Å². The summed E-state index contributed by atoms with van der Waals surface area (Å²) in [5.41, 5.74) is 2.18. The highest BCUT2D eigenvalue weighted by molar-refractivity contribution is 7.80. The van der Waals surface area contributed by atoms with Crippen molar-refractivity contribution in [3.63, 3.8) is 0 Å². The van der Waals surface area contributed by atoms with Crippen LogP contribution in [0.2, 0.25) is 0 Å². The van der Waals surface area contributed by atoms with Crippen LogP contribution in [0.5, 0.6) is 0 Å². The summed E-state index contributed by atoms with van der Waals surface area (Å²) in [7, 11) is 0. The van der Waals surface area contributed by atoms with E-state index in [1.165, 1.54) is 16.3 Å². The first-order valence-corrected chi connectivity index (χ1v) is 8.03. The van der Waals surface area contributed by atoms with E-state index in [9.17, 15) is 0 Å². The fourth-order valence-corrected chi connectivity index (χ4v) is 2.95. The largest absolute Gasteiger partial charge is 0.356 e. The van der Waals surface area contributed by atoms with E-state index in [4.69, 9.17) is 12.2 Å². The number of nitrogens with zero attached hydrogens (tertiary/aromatic N) is 1. The van der Waals surface area contributed by atoms with Gasteiger partial charge in [-0.05, 0) is 54.5 Å². The predicted molar refractivity (Wildman–Crippen MR) is 101 cm³/mol. The molecular formula is C19H19N3S. The Kier molecular flexibility index (Phi) is 4.53. The average Bonchev–Trinajstić information content (AvgIpc) is 2.54. The molecule has 1 aromatic heterocycles. The van der Waals surface area contributed by atoms with Crippen LogP contribution in [0.25, 0.3) is 10.8 Å². The lowest BCUT2D eigenvalue weighted by Gasteiger charge is -2.19. The van der Waals surface area contributed by atoms with E-state index < -0.39 is 0 Å². The molecule has 4 heteroatoms. The average molecular weight is 321 g/mol. The number of nitrogens with one attached hydrogen (secondary N) is 2. The van der Waals surface area contributed by atoms with Crippen LogP contribution in [0.3, 0.4) is 0 Å². The Morgan fingerprint density at radius 1 is 1.00 bits per heavy atom. The summed E-state index contributed by atoms with van der Waals surface area (Å²) in [6, 6.07) is 20.6. The van der Waals surface area contributed by atoms with Gasteiger partial charge >= 0.3 is 0 Å². The first-order chi connectivity index (χ1) is 11.1. The van der Waals surface area contributed by atoms with Gasteiger partial charge in [0.25, 0.3) is 0 Å². The van der Waals surface area contributed by atoms with Crippen LogP contribution in [0, 0.1) is 6.92 Å². The topological polar surface area (TPSA) is 37.0 Å². The molecule has 1 heterocycles. The fraction of sp³-hybridized carbons (Fsp3) is 0.158. The molecule has 0 bridgehead atoms. The lowest BCUT2D eigenvalue weighted by molar-refractivity contribution is 0.728. The molecule has 2 N–H and O–H groups in total. The number of fused-ring (bicyclic) bond motifs is 1. The molecule has 0 radical (unpaired) electrons. The summed E-state index contributed by atoms with van der Waals surface area (Å²) in [6.07, 6.45) is 0. The number of anilines is 1. The summed E-state index contributed by atoms with van der Waals surface area (Å²) >= 11 is 5.42. The second-order valence-electron chi connectivity index (χ2n) is 5.55. The molecule has 0 aliphatic carbocycles. The number of benzene rings is 2. The molecule has 2 aromatic carbocycles. The lowest BCUT2D eigenvalue weighted by atomic mass is 10.00. The quantitative estimate of drug-likeness (QED) is 0.692. The van der Waals surface area contributed by atoms with Crippen molar-refractivity contribution in [2.45, 2.75) is 19.9 Å². The van der Waals surface area contributed by atoms with Crippen LogP contribution in [-0.2, 0) is 0 Å². The Hall–Kier alpha value is -2.46. The number of pyridine rings is 1. The minimum atomic E-state index is 0.103. The molecule has 3 aromatic rings. The maximum Gasteiger partial charge on any atom is 0.172 e. The number of aromatic nitrogens is 1. The fourth-order valence-electron chi connectivity index (χ4n) is 2.67. The Morgan fingerprint density at radius 2 is 1.74 bits per heavy atom. The highest BCUT2D eigenvalue weighted by Crippen LogP contribution is 2.24. The van der Waals surface area contributed by atoms with E-state index in [1.807, 2.05) is 25.1 Å². The molecule has 0 unspecified atom stereocenters. The predicted octanol–water partition coefficient (Wildman–Crippen LogP) is 4.59. The van der Waals surface area contributed by atoms with Crippen molar-refractivity contribution >= 4 is 33.9 Å². The van der Waals surface area contributed by atoms with E-state index in [0.717, 1.165) is 11.5 Å². The molecular weight excluding hydrogens is 302 g/mol. The molecule has 3 nitrogen and oxygen atoms in total. The summed E-state index contributed by atoms with van der Waals surface area (Å²) < 4.78 is 0. The van der Waals surface area contributed by atoms with Gasteiger partial charge in [-0.15, -0.1) is 0 Å². The molecule has 0 amide bonds. The van der Waals surface area contributed by atoms with Crippen LogP contribution in [0.15, 0.2) is 60.7 Å². The summed E-state index contributed by atoms with van der Waals surface area (Å²) in [5, 5.41) is 9.53. The van der Waals surface area contributed by atoms with Crippen LogP contribution < -0.4 is 10.6 Å². The van der Waals surface area contributed by atoms with Crippen molar-refractivity contribution in [1.82, 2.24) is 10.3 Å². The number of thiocarbonyl (C=S) groups is 1. The van der Waals surface area contributed by atoms with Crippen LogP contribution in [-0.4, -0.2) is 10.1 Å². The Labute approximate surface area is 141 Å². The molecule has 1 atom stereocenters. The first-order valence-electron chi connectivity index (χ1n) is 7.62. The Bertz CT molecular complexity index is 839. The van der Waals surface area contributed by atoms with Crippen LogP contribution in [0.1, 0.15) is 24.2 Å². The molecule has 0 aliphatic heterocycles. The molecule has 23 heavy (non-hydrogen) atoms. The SMILES string of the molecule is Cc1cccc(NC(=S)N[C@H](C)c2cccc3ccccc23)n1. The van der Waals surface area contributed by atoms with Crippen molar-refractivity contribution < 1.29 is 0 Å². The second kappa shape index (κ2) is 6.75. The number of rotatable bonds is 3. The first kappa shape index (κ1) is 15.4. The number of aryl methyl sites for hydroxylation is 1. The van der Waals surface area contributed by atoms with Crippen molar-refractivity contribution in [1.29, 1.82) is 0 Å². The van der Waals surface area contributed by atoms with Gasteiger partial charge in [0.2, 0.25) is 0 Å². The maximum atomic E-state index is 5.42. The van der Waals surface area contributed by atoms with Crippen molar-refractivity contribution in [2.24, 2.45) is 0 Å². The third-order valence-corrected chi connectivity index (χ3v) is 3.99. The minimum Gasteiger partial charge on any atom is -0.356 e. The van der Waals surface area contributed by atoms with Crippen molar-refractivity contribution in [2.75, 3.05) is 5.32 Å². The number of hydrogen-bond acceptors (Lipinski definition) is 2. The zero-order valence-corrected chi connectivity index (χ0v) is 14.0. The van der Waals surface area contributed by atoms with Gasteiger partial charge in [0.15, 0.2) is 5.11 Å². The lowest BCUT2D eigenvalue weighted by Crippen LogP contribution is -2.31. The van der Waals surface area contributed by atoms with Crippen LogP contribution >= 0.6 is 12.2 Å². The summed E-state index contributed by atoms with van der Waals surface area (Å²) in [5.74, 6) is 0.757. The Morgan fingerprint density at radius 3 is 2.57 bits per heavy atom. The van der Waals surface area contributed by atoms with E-state index in [2.05, 4.69) is 65.0 Å². The van der Waals surface area contributed by atoms with Crippen molar-refractivity contribution in [3.05, 3.63) is 71.9 Å². The highest BCUT2D eigenvalue weighted by atomic mass is 32.1. The van der Waals surface area contributed by atoms with Gasteiger partial charge in [-0.1, -0.05) is 48.5 Å². The molecule has 0 aliphatic rings. The van der Waals surface area contributed by atoms with Gasteiger partial charge in [0.1, 0.15) is 5.82 Å². The zero-order chi connectivity index (χ0) is 16.2. The van der Waals surface area contributed by atoms with Gasteiger partial charge in [-0.2, -0.15) is 0 Å². The van der Waals surface area contributed by atoms with Gasteiger partial charge in [0, 0.05) is 5.69 Å². The molecule has 116 valence electrons. The van der Waals surface area contributed by atoms with Gasteiger partial charge in [-0.3, -0.25) is 0 Å². The molecule has 0 spiro atoms. The van der Waals surface area contributed by atoms with E-state index in [-0.39, 0.29) is 6.04 Å². The maximum absolute atomic E-state index is 5.42. The summed E-state index contributed by atoms with van der Waals surface area (Å²) in [4.78, 5) is 4.40. The monoisotopic (exact) mass is 321 g/mol. The van der Waals surface area contributed by atoms with E-state index >= 15 is 0 Å². The van der Waals surface area contributed by atoms with E-state index in [1.54, 1.807) is 0 Å². The van der Waals surface area contributed by atoms with Gasteiger partial charge in [-0.25, -0.2) is 4.98 Å². The van der Waals surface area contributed by atoms with E-state index in [0.29, 0.717) is 5.11 Å². The molecule has 0 saturated heterocycles. The smallest absolute Gasteiger partial charge is 0.172 e. The molecule has 0 saturated carbocycles. The normalized spacial score (nSPS) is 11.9. The third-order valence-electron chi connectivity index (χ3n) is 3.77. The zero-order valence-electron chi connectivity index (χ0n) is 13.2. The Balaban J connectivity index is 1.75. The molecule has 0 fully saturated rings. The molecule has 3 rings (SSSR count). The number of hydrogen-bond donors (Lipinski definition) is 2. The minimum absolute atomic E-state index is 0.103. The van der Waals surface area contributed by atoms with Gasteiger partial charge in [0.05, 0.1) is 6.04 Å². The standard InChI is InChI=1S/C19H19N3S/c1-13-7-5-12-18(20-13)22-19(23)21-14(2)16-11-6-9-15-8-3-4-10-17(15)16/h3-12,14H,1-2H3,(H2,20,21,22,23)/t14-/m1/s1. The second-order valence-corrected chi connectivity index (χ2v) is 5.96. The van der Waals surface area contributed by atoms with Gasteiger partial charge < -0.3 is 10.6 Å².